The fraction of sp³-hybridized carbons (Fsp3) is 0.316. The van der Waals surface area contributed by atoms with Crippen molar-refractivity contribution in [1.29, 1.82) is 0 Å². The summed E-state index contributed by atoms with van der Waals surface area (Å²) in [6, 6.07) is 13.9. The zero-order chi connectivity index (χ0) is 17.3. The van der Waals surface area contributed by atoms with Crippen LogP contribution in [0.25, 0.3) is 0 Å². The van der Waals surface area contributed by atoms with E-state index in [1.165, 1.54) is 5.56 Å². The molecule has 1 heterocycles. The van der Waals surface area contributed by atoms with E-state index in [1.54, 1.807) is 0 Å². The second-order valence-corrected chi connectivity index (χ2v) is 7.55. The first-order valence-electron chi connectivity index (χ1n) is 7.96. The van der Waals surface area contributed by atoms with Gasteiger partial charge in [-0.25, -0.2) is 0 Å². The minimum atomic E-state index is -0.252. The van der Waals surface area contributed by atoms with E-state index in [-0.39, 0.29) is 11.6 Å². The number of aryl methyl sites for hydroxylation is 1. The molecule has 0 aliphatic carbocycles. The molecule has 0 radical (unpaired) electrons. The number of fused-ring (bicyclic) bond motifs is 1. The molecular weight excluding hydrogens is 340 g/mol. The van der Waals surface area contributed by atoms with Gasteiger partial charge in [-0.3, -0.25) is 0 Å². The molecule has 0 spiro atoms. The Hall–Kier alpha value is -1.78. The lowest BCUT2D eigenvalue weighted by atomic mass is 9.89. The van der Waals surface area contributed by atoms with Crippen molar-refractivity contribution in [2.45, 2.75) is 38.8 Å². The molecule has 1 aliphatic heterocycles. The number of para-hydroxylation sites is 1. The smallest absolute Gasteiger partial charge is 0.171 e. The van der Waals surface area contributed by atoms with Crippen LogP contribution in [0.2, 0.25) is 5.02 Å². The Morgan fingerprint density at radius 3 is 2.75 bits per heavy atom. The van der Waals surface area contributed by atoms with Crippen molar-refractivity contribution in [2.75, 3.05) is 5.32 Å². The third kappa shape index (κ3) is 3.82. The third-order valence-electron chi connectivity index (χ3n) is 4.05. The van der Waals surface area contributed by atoms with Gasteiger partial charge in [0.2, 0.25) is 0 Å². The molecule has 24 heavy (non-hydrogen) atoms. The summed E-state index contributed by atoms with van der Waals surface area (Å²) in [5.41, 5.74) is 2.86. The van der Waals surface area contributed by atoms with Gasteiger partial charge in [-0.15, -0.1) is 0 Å². The summed E-state index contributed by atoms with van der Waals surface area (Å²) in [6.07, 6.45) is 0.827. The highest BCUT2D eigenvalue weighted by atomic mass is 35.5. The molecule has 1 atom stereocenters. The second kappa shape index (κ2) is 6.61. The van der Waals surface area contributed by atoms with Gasteiger partial charge in [0.15, 0.2) is 5.11 Å². The van der Waals surface area contributed by atoms with E-state index in [9.17, 15) is 0 Å². The van der Waals surface area contributed by atoms with Gasteiger partial charge in [0, 0.05) is 12.0 Å². The minimum Gasteiger partial charge on any atom is -0.487 e. The largest absolute Gasteiger partial charge is 0.487 e. The van der Waals surface area contributed by atoms with Crippen LogP contribution in [0, 0.1) is 6.92 Å². The van der Waals surface area contributed by atoms with Crippen molar-refractivity contribution >= 4 is 34.6 Å². The van der Waals surface area contributed by atoms with Crippen molar-refractivity contribution in [3.05, 3.63) is 58.6 Å². The van der Waals surface area contributed by atoms with Crippen LogP contribution in [0.5, 0.6) is 5.75 Å². The van der Waals surface area contributed by atoms with Crippen LogP contribution in [0.1, 0.15) is 37.4 Å². The number of benzene rings is 2. The Kier molecular flexibility index (Phi) is 4.70. The lowest BCUT2D eigenvalue weighted by Gasteiger charge is -2.38. The number of hydrogen-bond donors (Lipinski definition) is 2. The Labute approximate surface area is 153 Å². The summed E-state index contributed by atoms with van der Waals surface area (Å²) in [5, 5.41) is 7.78. The van der Waals surface area contributed by atoms with E-state index in [4.69, 9.17) is 28.6 Å². The minimum absolute atomic E-state index is 0.0897. The first-order valence-corrected chi connectivity index (χ1v) is 8.74. The average molecular weight is 361 g/mol. The van der Waals surface area contributed by atoms with Gasteiger partial charge in [-0.05, 0) is 56.8 Å². The highest BCUT2D eigenvalue weighted by Gasteiger charge is 2.34. The van der Waals surface area contributed by atoms with Crippen molar-refractivity contribution < 1.29 is 4.74 Å². The van der Waals surface area contributed by atoms with Crippen LogP contribution in [-0.4, -0.2) is 10.7 Å². The quantitative estimate of drug-likeness (QED) is 0.718. The van der Waals surface area contributed by atoms with Crippen LogP contribution >= 0.6 is 23.8 Å². The molecule has 0 aromatic heterocycles. The summed E-state index contributed by atoms with van der Waals surface area (Å²) in [4.78, 5) is 0. The molecule has 5 heteroatoms. The van der Waals surface area contributed by atoms with Gasteiger partial charge in [0.05, 0.1) is 16.8 Å². The zero-order valence-electron chi connectivity index (χ0n) is 14.0. The summed E-state index contributed by atoms with van der Waals surface area (Å²) in [6.45, 7) is 6.26. The third-order valence-corrected chi connectivity index (χ3v) is 4.60. The summed E-state index contributed by atoms with van der Waals surface area (Å²) < 4.78 is 6.12. The molecule has 0 saturated carbocycles. The van der Waals surface area contributed by atoms with Gasteiger partial charge >= 0.3 is 0 Å². The number of anilines is 1. The molecule has 3 rings (SSSR count). The summed E-state index contributed by atoms with van der Waals surface area (Å²) in [5.74, 6) is 0.921. The predicted molar refractivity (Wildman–Crippen MR) is 104 cm³/mol. The topological polar surface area (TPSA) is 33.3 Å². The molecule has 3 nitrogen and oxygen atoms in total. The number of hydrogen-bond acceptors (Lipinski definition) is 2. The number of nitrogens with one attached hydrogen (secondary N) is 2. The van der Waals surface area contributed by atoms with E-state index in [0.717, 1.165) is 23.4 Å². The zero-order valence-corrected chi connectivity index (χ0v) is 15.6. The maximum atomic E-state index is 6.18. The van der Waals surface area contributed by atoms with Crippen LogP contribution in [0.3, 0.4) is 0 Å². The van der Waals surface area contributed by atoms with Crippen molar-refractivity contribution in [3.8, 4) is 5.75 Å². The van der Waals surface area contributed by atoms with Crippen LogP contribution in [-0.2, 0) is 0 Å². The maximum absolute atomic E-state index is 6.18. The second-order valence-electron chi connectivity index (χ2n) is 6.74. The first-order chi connectivity index (χ1) is 11.3. The molecule has 0 fully saturated rings. The van der Waals surface area contributed by atoms with Gasteiger partial charge in [0.25, 0.3) is 0 Å². The summed E-state index contributed by atoms with van der Waals surface area (Å²) in [7, 11) is 0. The summed E-state index contributed by atoms with van der Waals surface area (Å²) >= 11 is 11.7. The number of thiocarbonyl (C=S) groups is 1. The van der Waals surface area contributed by atoms with E-state index in [2.05, 4.69) is 49.6 Å². The van der Waals surface area contributed by atoms with Crippen LogP contribution in [0.15, 0.2) is 42.5 Å². The van der Waals surface area contributed by atoms with Gasteiger partial charge in [0.1, 0.15) is 11.4 Å². The molecule has 0 amide bonds. The fourth-order valence-electron chi connectivity index (χ4n) is 2.97. The predicted octanol–water partition coefficient (Wildman–Crippen LogP) is 5.24. The Balaban J connectivity index is 1.79. The van der Waals surface area contributed by atoms with E-state index in [0.29, 0.717) is 10.1 Å². The maximum Gasteiger partial charge on any atom is 0.171 e. The number of rotatable bonds is 2. The molecule has 0 bridgehead atoms. The highest BCUT2D eigenvalue weighted by Crippen LogP contribution is 2.40. The Morgan fingerprint density at radius 2 is 2.00 bits per heavy atom. The van der Waals surface area contributed by atoms with E-state index >= 15 is 0 Å². The standard InChI is InChI=1S/C19H21ClN2OS/c1-12-8-9-13-16(11-19(2,3)23-17(13)10-12)22-18(24)21-15-7-5-4-6-14(15)20/h4-10,16H,11H2,1-3H3,(H2,21,22,24). The number of ether oxygens (including phenoxy) is 1. The van der Waals surface area contributed by atoms with E-state index < -0.39 is 0 Å². The first kappa shape index (κ1) is 17.1. The van der Waals surface area contributed by atoms with Gasteiger partial charge in [-0.2, -0.15) is 0 Å². The van der Waals surface area contributed by atoms with Gasteiger partial charge in [-0.1, -0.05) is 35.9 Å². The van der Waals surface area contributed by atoms with Crippen molar-refractivity contribution in [1.82, 2.24) is 5.32 Å². The number of halogens is 1. The average Bonchev–Trinajstić information content (AvgIpc) is 2.48. The Morgan fingerprint density at radius 1 is 1.25 bits per heavy atom. The van der Waals surface area contributed by atoms with Crippen molar-refractivity contribution in [2.24, 2.45) is 0 Å². The SMILES string of the molecule is Cc1ccc2c(c1)OC(C)(C)CC2NC(=S)Nc1ccccc1Cl. The fourth-order valence-corrected chi connectivity index (χ4v) is 3.40. The van der Waals surface area contributed by atoms with Crippen LogP contribution < -0.4 is 15.4 Å². The van der Waals surface area contributed by atoms with E-state index in [1.807, 2.05) is 24.3 Å². The molecule has 2 aromatic rings. The van der Waals surface area contributed by atoms with Crippen molar-refractivity contribution in [3.63, 3.8) is 0 Å². The lowest BCUT2D eigenvalue weighted by molar-refractivity contribution is 0.0696. The molecule has 0 saturated heterocycles. The molecule has 2 N–H and O–H groups in total. The molecule has 1 aliphatic rings. The Bertz CT molecular complexity index is 776. The molecule has 2 aromatic carbocycles. The monoisotopic (exact) mass is 360 g/mol. The van der Waals surface area contributed by atoms with Gasteiger partial charge < -0.3 is 15.4 Å². The van der Waals surface area contributed by atoms with Crippen LogP contribution in [0.4, 0.5) is 5.69 Å². The molecule has 1 unspecified atom stereocenters. The molecular formula is C19H21ClN2OS. The highest BCUT2D eigenvalue weighted by molar-refractivity contribution is 7.80. The molecule has 126 valence electrons. The lowest BCUT2D eigenvalue weighted by Crippen LogP contribution is -2.42. The normalized spacial score (nSPS) is 18.2.